The zero-order valence-corrected chi connectivity index (χ0v) is 9.84. The molecule has 1 heteroatoms. The smallest absolute Gasteiger partial charge is 0.00388 e. The summed E-state index contributed by atoms with van der Waals surface area (Å²) in [6, 6.07) is 7.69. The third-order valence-corrected chi connectivity index (χ3v) is 3.52. The van der Waals surface area contributed by atoms with E-state index in [9.17, 15) is 0 Å². The summed E-state index contributed by atoms with van der Waals surface area (Å²) >= 11 is 0. The Morgan fingerprint density at radius 1 is 1.27 bits per heavy atom. The van der Waals surface area contributed by atoms with E-state index in [-0.39, 0.29) is 0 Å². The Labute approximate surface area is 92.9 Å². The minimum atomic E-state index is 0.623. The summed E-state index contributed by atoms with van der Waals surface area (Å²) in [5, 5.41) is 3.29. The van der Waals surface area contributed by atoms with E-state index in [0.717, 1.165) is 0 Å². The van der Waals surface area contributed by atoms with Gasteiger partial charge in [-0.2, -0.15) is 0 Å². The average molecular weight is 203 g/mol. The van der Waals surface area contributed by atoms with Gasteiger partial charge in [-0.25, -0.2) is 0 Å². The second-order valence-electron chi connectivity index (χ2n) is 4.69. The second-order valence-corrected chi connectivity index (χ2v) is 4.69. The van der Waals surface area contributed by atoms with Crippen LogP contribution >= 0.6 is 0 Å². The molecular formula is C14H21N. The van der Waals surface area contributed by atoms with Gasteiger partial charge in [0.25, 0.3) is 0 Å². The normalized spacial score (nSPS) is 16.4. The van der Waals surface area contributed by atoms with Crippen LogP contribution in [0, 0.1) is 0 Å². The van der Waals surface area contributed by atoms with Crippen LogP contribution in [-0.4, -0.2) is 13.1 Å². The lowest BCUT2D eigenvalue weighted by Gasteiger charge is -2.10. The van der Waals surface area contributed by atoms with Gasteiger partial charge in [-0.1, -0.05) is 18.2 Å². The molecule has 1 nitrogen and oxygen atoms in total. The molecule has 0 fully saturated rings. The molecule has 0 saturated carbocycles. The fraction of sp³-hybridized carbons (Fsp3) is 0.571. The van der Waals surface area contributed by atoms with E-state index < -0.39 is 0 Å². The van der Waals surface area contributed by atoms with Crippen LogP contribution in [0.15, 0.2) is 18.2 Å². The van der Waals surface area contributed by atoms with E-state index in [2.05, 4.69) is 30.4 Å². The van der Waals surface area contributed by atoms with Crippen LogP contribution < -0.4 is 5.32 Å². The quantitative estimate of drug-likeness (QED) is 0.793. The first-order valence-electron chi connectivity index (χ1n) is 6.07. The summed E-state index contributed by atoms with van der Waals surface area (Å²) < 4.78 is 0. The van der Waals surface area contributed by atoms with Gasteiger partial charge in [-0.3, -0.25) is 0 Å². The minimum absolute atomic E-state index is 0.623. The number of hydrogen-bond acceptors (Lipinski definition) is 1. The summed E-state index contributed by atoms with van der Waals surface area (Å²) in [7, 11) is 2.04. The minimum Gasteiger partial charge on any atom is -0.317 e. The Morgan fingerprint density at radius 2 is 2.07 bits per heavy atom. The van der Waals surface area contributed by atoms with Crippen molar-refractivity contribution in [1.29, 1.82) is 0 Å². The van der Waals surface area contributed by atoms with Crippen molar-refractivity contribution in [2.45, 2.75) is 45.1 Å². The van der Waals surface area contributed by atoms with Gasteiger partial charge in [0.1, 0.15) is 0 Å². The molecule has 1 aromatic carbocycles. The first-order chi connectivity index (χ1) is 7.29. The number of hydrogen-bond donors (Lipinski definition) is 1. The first kappa shape index (κ1) is 10.7. The largest absolute Gasteiger partial charge is 0.317 e. The van der Waals surface area contributed by atoms with Crippen LogP contribution in [0.1, 0.15) is 36.5 Å². The molecule has 15 heavy (non-hydrogen) atoms. The van der Waals surface area contributed by atoms with Gasteiger partial charge in [0, 0.05) is 6.04 Å². The van der Waals surface area contributed by atoms with Crippen LogP contribution in [0.5, 0.6) is 0 Å². The van der Waals surface area contributed by atoms with Gasteiger partial charge in [0.15, 0.2) is 0 Å². The van der Waals surface area contributed by atoms with E-state index in [4.69, 9.17) is 0 Å². The molecule has 0 heterocycles. The highest BCUT2D eigenvalue weighted by atomic mass is 14.8. The highest BCUT2D eigenvalue weighted by molar-refractivity contribution is 5.35. The third kappa shape index (κ3) is 2.60. The monoisotopic (exact) mass is 203 g/mol. The summed E-state index contributed by atoms with van der Waals surface area (Å²) in [6.45, 7) is 2.24. The van der Waals surface area contributed by atoms with Crippen molar-refractivity contribution < 1.29 is 0 Å². The zero-order valence-electron chi connectivity index (χ0n) is 9.84. The Kier molecular flexibility index (Phi) is 3.42. The first-order valence-corrected chi connectivity index (χ1v) is 6.07. The molecule has 0 saturated heterocycles. The molecule has 2 rings (SSSR count). The molecule has 0 radical (unpaired) electrons. The lowest BCUT2D eigenvalue weighted by molar-refractivity contribution is 0.565. The topological polar surface area (TPSA) is 12.0 Å². The molecule has 82 valence electrons. The predicted octanol–water partition coefficient (Wildman–Crippen LogP) is 2.72. The van der Waals surface area contributed by atoms with Crippen molar-refractivity contribution in [2.24, 2.45) is 0 Å². The number of fused-ring (bicyclic) bond motifs is 1. The maximum atomic E-state index is 3.29. The Hall–Kier alpha value is -0.820. The molecule has 0 spiro atoms. The molecule has 1 unspecified atom stereocenters. The lowest BCUT2D eigenvalue weighted by Crippen LogP contribution is -2.21. The SMILES string of the molecule is CNC(C)CCc1ccc2c(c1)CCC2. The molecule has 1 aliphatic carbocycles. The van der Waals surface area contributed by atoms with Gasteiger partial charge < -0.3 is 5.32 Å². The Morgan fingerprint density at radius 3 is 2.87 bits per heavy atom. The molecule has 1 aliphatic rings. The third-order valence-electron chi connectivity index (χ3n) is 3.52. The van der Waals surface area contributed by atoms with Crippen molar-refractivity contribution >= 4 is 0 Å². The van der Waals surface area contributed by atoms with Crippen molar-refractivity contribution in [3.05, 3.63) is 34.9 Å². The van der Waals surface area contributed by atoms with Crippen LogP contribution in [0.25, 0.3) is 0 Å². The molecule has 1 atom stereocenters. The summed E-state index contributed by atoms with van der Waals surface area (Å²) in [4.78, 5) is 0. The van der Waals surface area contributed by atoms with Gasteiger partial charge in [0.2, 0.25) is 0 Å². The highest BCUT2D eigenvalue weighted by Gasteiger charge is 2.10. The highest BCUT2D eigenvalue weighted by Crippen LogP contribution is 2.23. The number of aryl methyl sites for hydroxylation is 3. The van der Waals surface area contributed by atoms with E-state index in [0.29, 0.717) is 6.04 Å². The predicted molar refractivity (Wildman–Crippen MR) is 65.3 cm³/mol. The van der Waals surface area contributed by atoms with Crippen LogP contribution in [0.2, 0.25) is 0 Å². The number of benzene rings is 1. The number of nitrogens with one attached hydrogen (secondary N) is 1. The van der Waals surface area contributed by atoms with Crippen molar-refractivity contribution in [2.75, 3.05) is 7.05 Å². The van der Waals surface area contributed by atoms with Gasteiger partial charge >= 0.3 is 0 Å². The van der Waals surface area contributed by atoms with Gasteiger partial charge in [-0.05, 0) is 62.8 Å². The molecule has 0 aliphatic heterocycles. The fourth-order valence-electron chi connectivity index (χ4n) is 2.31. The van der Waals surface area contributed by atoms with Gasteiger partial charge in [0.05, 0.1) is 0 Å². The average Bonchev–Trinajstić information content (AvgIpc) is 2.72. The molecular weight excluding hydrogens is 182 g/mol. The van der Waals surface area contributed by atoms with E-state index in [1.54, 1.807) is 11.1 Å². The van der Waals surface area contributed by atoms with E-state index >= 15 is 0 Å². The standard InChI is InChI=1S/C14H21N/c1-11(15-2)6-7-12-8-9-13-4-3-5-14(13)10-12/h8-11,15H,3-7H2,1-2H3. The second kappa shape index (κ2) is 4.80. The molecule has 0 bridgehead atoms. The van der Waals surface area contributed by atoms with E-state index in [1.807, 2.05) is 7.05 Å². The molecule has 1 aromatic rings. The van der Waals surface area contributed by atoms with Gasteiger partial charge in [-0.15, -0.1) is 0 Å². The van der Waals surface area contributed by atoms with Crippen molar-refractivity contribution in [3.8, 4) is 0 Å². The summed E-state index contributed by atoms with van der Waals surface area (Å²) in [6.07, 6.45) is 6.38. The maximum Gasteiger partial charge on any atom is 0.00388 e. The van der Waals surface area contributed by atoms with Crippen LogP contribution in [0.3, 0.4) is 0 Å². The Balaban J connectivity index is 1.98. The maximum absolute atomic E-state index is 3.29. The van der Waals surface area contributed by atoms with Crippen LogP contribution in [0.4, 0.5) is 0 Å². The Bertz CT molecular complexity index is 330. The van der Waals surface area contributed by atoms with Crippen molar-refractivity contribution in [3.63, 3.8) is 0 Å². The molecule has 0 amide bonds. The van der Waals surface area contributed by atoms with Crippen LogP contribution in [-0.2, 0) is 19.3 Å². The summed E-state index contributed by atoms with van der Waals surface area (Å²) in [5.74, 6) is 0. The lowest BCUT2D eigenvalue weighted by atomic mass is 10.0. The van der Waals surface area contributed by atoms with E-state index in [1.165, 1.54) is 37.7 Å². The zero-order chi connectivity index (χ0) is 10.7. The molecule has 1 N–H and O–H groups in total. The summed E-state index contributed by atoms with van der Waals surface area (Å²) in [5.41, 5.74) is 4.70. The fourth-order valence-corrected chi connectivity index (χ4v) is 2.31. The number of rotatable bonds is 4. The molecule has 0 aromatic heterocycles. The van der Waals surface area contributed by atoms with Crippen molar-refractivity contribution in [1.82, 2.24) is 5.32 Å².